The fourth-order valence-corrected chi connectivity index (χ4v) is 3.73. The molecule has 0 aliphatic carbocycles. The van der Waals surface area contributed by atoms with Gasteiger partial charge in [0.2, 0.25) is 0 Å². The third-order valence-corrected chi connectivity index (χ3v) is 5.01. The second-order valence-electron chi connectivity index (χ2n) is 5.90. The van der Waals surface area contributed by atoms with Crippen LogP contribution in [0.15, 0.2) is 47.9 Å². The van der Waals surface area contributed by atoms with Gasteiger partial charge in [-0.25, -0.2) is 13.8 Å². The highest BCUT2D eigenvalue weighted by atomic mass is 32.2. The highest BCUT2D eigenvalue weighted by Gasteiger charge is 2.16. The summed E-state index contributed by atoms with van der Waals surface area (Å²) in [6.45, 7) is 1.77. The van der Waals surface area contributed by atoms with Crippen molar-refractivity contribution in [2.45, 2.75) is 17.8 Å². The molecule has 0 spiro atoms. The molecule has 2 N–H and O–H groups in total. The molecule has 0 saturated heterocycles. The molecule has 0 amide bonds. The summed E-state index contributed by atoms with van der Waals surface area (Å²) in [7, 11) is 0. The highest BCUT2D eigenvalue weighted by molar-refractivity contribution is 7.98. The zero-order chi connectivity index (χ0) is 19.0. The maximum Gasteiger partial charge on any atom is 0.187 e. The summed E-state index contributed by atoms with van der Waals surface area (Å²) in [5.74, 6) is -0.876. The number of nitrogens with zero attached hydrogens (tertiary/aromatic N) is 4. The first kappa shape index (κ1) is 17.3. The summed E-state index contributed by atoms with van der Waals surface area (Å²) in [6.07, 6.45) is 3.38. The van der Waals surface area contributed by atoms with Crippen molar-refractivity contribution in [3.63, 3.8) is 0 Å². The molecular weight excluding hydrogens is 370 g/mol. The van der Waals surface area contributed by atoms with E-state index in [2.05, 4.69) is 20.2 Å². The lowest BCUT2D eigenvalue weighted by Gasteiger charge is -2.13. The molecule has 0 bridgehead atoms. The van der Waals surface area contributed by atoms with Gasteiger partial charge in [-0.05, 0) is 36.8 Å². The van der Waals surface area contributed by atoms with Crippen LogP contribution in [-0.4, -0.2) is 24.7 Å². The summed E-state index contributed by atoms with van der Waals surface area (Å²) < 4.78 is 29.0. The van der Waals surface area contributed by atoms with Gasteiger partial charge in [0.15, 0.2) is 10.8 Å². The highest BCUT2D eigenvalue weighted by Crippen LogP contribution is 2.25. The van der Waals surface area contributed by atoms with Gasteiger partial charge in [-0.3, -0.25) is 20.1 Å². The molecule has 1 aromatic carbocycles. The van der Waals surface area contributed by atoms with E-state index in [4.69, 9.17) is 5.41 Å². The average Bonchev–Trinajstić information content (AvgIpc) is 3.01. The minimum absolute atomic E-state index is 0.0634. The third-order valence-electron chi connectivity index (χ3n) is 4.00. The number of H-pyrrole nitrogens is 1. The van der Waals surface area contributed by atoms with E-state index in [9.17, 15) is 8.78 Å². The van der Waals surface area contributed by atoms with Gasteiger partial charge in [-0.1, -0.05) is 11.8 Å². The molecule has 0 aliphatic rings. The fraction of sp³-hybridized carbons (Fsp3) is 0.111. The summed E-state index contributed by atoms with van der Waals surface area (Å²) in [5, 5.41) is 16.5. The van der Waals surface area contributed by atoms with Crippen LogP contribution in [0.3, 0.4) is 0 Å². The summed E-state index contributed by atoms with van der Waals surface area (Å²) >= 11 is 1.35. The summed E-state index contributed by atoms with van der Waals surface area (Å²) in [5.41, 5.74) is 2.33. The second kappa shape index (κ2) is 6.92. The van der Waals surface area contributed by atoms with Crippen LogP contribution in [-0.2, 0) is 5.75 Å². The molecule has 0 aliphatic heterocycles. The van der Waals surface area contributed by atoms with Crippen LogP contribution in [0, 0.1) is 24.0 Å². The SMILES string of the molecule is Cc1[nH]nc2nc(SCc3ccncc3)n(-c3cc(F)cc(F)c3)c(=N)c12. The largest absolute Gasteiger partial charge is 0.283 e. The number of aryl methyl sites for hydroxylation is 1. The lowest BCUT2D eigenvalue weighted by molar-refractivity contribution is 0.579. The Morgan fingerprint density at radius 1 is 1.15 bits per heavy atom. The van der Waals surface area contributed by atoms with Crippen LogP contribution in [0.2, 0.25) is 0 Å². The predicted octanol–water partition coefficient (Wildman–Crippen LogP) is 3.50. The summed E-state index contributed by atoms with van der Waals surface area (Å²) in [4.78, 5) is 8.50. The Morgan fingerprint density at radius 2 is 1.85 bits per heavy atom. The van der Waals surface area contributed by atoms with E-state index in [1.165, 1.54) is 28.5 Å². The Morgan fingerprint density at radius 3 is 2.56 bits per heavy atom. The van der Waals surface area contributed by atoms with Crippen molar-refractivity contribution < 1.29 is 8.78 Å². The molecule has 0 atom stereocenters. The number of thioether (sulfide) groups is 1. The smallest absolute Gasteiger partial charge is 0.187 e. The standard InChI is InChI=1S/C18H14F2N6S/c1-10-15-16(21)26(14-7-12(19)6-13(20)8-14)18(23-17(15)25-24-10)27-9-11-2-4-22-5-3-11/h2-8,21H,9H2,1H3,(H,24,25). The molecule has 136 valence electrons. The van der Waals surface area contributed by atoms with Gasteiger partial charge < -0.3 is 0 Å². The van der Waals surface area contributed by atoms with Crippen LogP contribution in [0.25, 0.3) is 16.7 Å². The molecule has 6 nitrogen and oxygen atoms in total. The molecule has 0 unspecified atom stereocenters. The van der Waals surface area contributed by atoms with Gasteiger partial charge >= 0.3 is 0 Å². The van der Waals surface area contributed by atoms with Crippen LogP contribution in [0.5, 0.6) is 0 Å². The van der Waals surface area contributed by atoms with E-state index in [-0.39, 0.29) is 11.2 Å². The molecule has 27 heavy (non-hydrogen) atoms. The molecule has 3 heterocycles. The molecule has 4 aromatic rings. The van der Waals surface area contributed by atoms with Gasteiger partial charge in [0.05, 0.1) is 11.1 Å². The minimum Gasteiger partial charge on any atom is -0.283 e. The number of rotatable bonds is 4. The van der Waals surface area contributed by atoms with Crippen molar-refractivity contribution in [3.05, 3.63) is 71.1 Å². The number of hydrogen-bond donors (Lipinski definition) is 2. The Hall–Kier alpha value is -3.07. The van der Waals surface area contributed by atoms with Gasteiger partial charge in [0.1, 0.15) is 17.1 Å². The number of nitrogens with one attached hydrogen (secondary N) is 2. The number of halogens is 2. The molecule has 0 fully saturated rings. The van der Waals surface area contributed by atoms with Crippen LogP contribution in [0.1, 0.15) is 11.3 Å². The fourth-order valence-electron chi connectivity index (χ4n) is 2.76. The van der Waals surface area contributed by atoms with Crippen molar-refractivity contribution in [1.82, 2.24) is 24.7 Å². The van der Waals surface area contributed by atoms with Crippen LogP contribution in [0.4, 0.5) is 8.78 Å². The van der Waals surface area contributed by atoms with Gasteiger partial charge in [-0.2, -0.15) is 5.10 Å². The van der Waals surface area contributed by atoms with Crippen molar-refractivity contribution in [2.75, 3.05) is 0 Å². The predicted molar refractivity (Wildman–Crippen MR) is 97.5 cm³/mol. The number of pyridine rings is 1. The first-order valence-electron chi connectivity index (χ1n) is 8.03. The molecule has 0 radical (unpaired) electrons. The Bertz CT molecular complexity index is 1170. The lowest BCUT2D eigenvalue weighted by Crippen LogP contribution is -2.22. The van der Waals surface area contributed by atoms with Gasteiger partial charge in [0, 0.05) is 29.9 Å². The topological polar surface area (TPSA) is 83.2 Å². The van der Waals surface area contributed by atoms with Crippen LogP contribution < -0.4 is 5.49 Å². The van der Waals surface area contributed by atoms with Gasteiger partial charge in [-0.15, -0.1) is 0 Å². The Kier molecular flexibility index (Phi) is 4.44. The number of aromatic nitrogens is 5. The normalized spacial score (nSPS) is 11.2. The van der Waals surface area contributed by atoms with E-state index < -0.39 is 11.6 Å². The van der Waals surface area contributed by atoms with E-state index in [1.54, 1.807) is 19.3 Å². The third kappa shape index (κ3) is 3.33. The van der Waals surface area contributed by atoms with E-state index in [0.717, 1.165) is 11.6 Å². The minimum atomic E-state index is -0.717. The van der Waals surface area contributed by atoms with E-state index in [1.807, 2.05) is 12.1 Å². The first-order chi connectivity index (χ1) is 13.0. The van der Waals surface area contributed by atoms with E-state index >= 15 is 0 Å². The molecule has 0 saturated carbocycles. The quantitative estimate of drug-likeness (QED) is 0.417. The monoisotopic (exact) mass is 384 g/mol. The number of aromatic amines is 1. The number of fused-ring (bicyclic) bond motifs is 1. The molecule has 3 aromatic heterocycles. The molecule has 9 heteroatoms. The maximum absolute atomic E-state index is 13.8. The lowest BCUT2D eigenvalue weighted by atomic mass is 10.2. The summed E-state index contributed by atoms with van der Waals surface area (Å²) in [6, 6.07) is 6.91. The van der Waals surface area contributed by atoms with Crippen molar-refractivity contribution in [2.24, 2.45) is 0 Å². The number of hydrogen-bond acceptors (Lipinski definition) is 5. The van der Waals surface area contributed by atoms with Crippen molar-refractivity contribution >= 4 is 22.8 Å². The second-order valence-corrected chi connectivity index (χ2v) is 6.84. The van der Waals surface area contributed by atoms with E-state index in [0.29, 0.717) is 27.6 Å². The zero-order valence-corrected chi connectivity index (χ0v) is 15.0. The Labute approximate surface area is 156 Å². The molecule has 4 rings (SSSR count). The van der Waals surface area contributed by atoms with Crippen molar-refractivity contribution in [1.29, 1.82) is 5.41 Å². The first-order valence-corrected chi connectivity index (χ1v) is 9.02. The van der Waals surface area contributed by atoms with Gasteiger partial charge in [0.25, 0.3) is 0 Å². The average molecular weight is 384 g/mol. The zero-order valence-electron chi connectivity index (χ0n) is 14.2. The van der Waals surface area contributed by atoms with Crippen molar-refractivity contribution in [3.8, 4) is 5.69 Å². The number of benzene rings is 1. The maximum atomic E-state index is 13.8. The molecular formula is C18H14F2N6S. The van der Waals surface area contributed by atoms with Crippen LogP contribution >= 0.6 is 11.8 Å². The Balaban J connectivity index is 1.89.